The molecule has 3 nitrogen and oxygen atoms in total. The lowest BCUT2D eigenvalue weighted by Gasteiger charge is -2.16. The normalized spacial score (nSPS) is 11.8. The Morgan fingerprint density at radius 2 is 1.86 bits per heavy atom. The van der Waals surface area contributed by atoms with E-state index in [4.69, 9.17) is 16.3 Å². The third-order valence-corrected chi connectivity index (χ3v) is 3.41. The van der Waals surface area contributed by atoms with Crippen LogP contribution in [0.1, 0.15) is 22.8 Å². The van der Waals surface area contributed by atoms with Gasteiger partial charge in [-0.15, -0.1) is 0 Å². The number of nitrogens with one attached hydrogen (secondary N) is 1. The summed E-state index contributed by atoms with van der Waals surface area (Å²) in [5.41, 5.74) is 1.55. The number of amides is 1. The molecule has 2 aromatic carbocycles. The Balaban J connectivity index is 1.90. The van der Waals surface area contributed by atoms with Gasteiger partial charge in [0.1, 0.15) is 12.4 Å². The number of rotatable bonds is 5. The fourth-order valence-electron chi connectivity index (χ4n) is 1.92. The van der Waals surface area contributed by atoms with Crippen LogP contribution in [0.25, 0.3) is 0 Å². The SMILES string of the molecule is Cc1ccccc1OC[C@H](C)NC(=O)c1ccccc1Cl. The Kier molecular flexibility index (Phi) is 5.23. The van der Waals surface area contributed by atoms with Gasteiger partial charge in [-0.05, 0) is 37.6 Å². The first-order chi connectivity index (χ1) is 10.1. The standard InChI is InChI=1S/C17H18ClNO2/c1-12-7-3-6-10-16(12)21-11-13(2)19-17(20)14-8-4-5-9-15(14)18/h3-10,13H,11H2,1-2H3,(H,19,20)/t13-/m0/s1. The van der Waals surface area contributed by atoms with E-state index < -0.39 is 0 Å². The number of benzene rings is 2. The summed E-state index contributed by atoms with van der Waals surface area (Å²) in [6.07, 6.45) is 0. The predicted octanol–water partition coefficient (Wildman–Crippen LogP) is 3.85. The minimum atomic E-state index is -0.193. The first kappa shape index (κ1) is 15.4. The third-order valence-electron chi connectivity index (χ3n) is 3.08. The second-order valence-corrected chi connectivity index (χ2v) is 5.34. The zero-order valence-electron chi connectivity index (χ0n) is 12.1. The van der Waals surface area contributed by atoms with E-state index in [0.717, 1.165) is 11.3 Å². The molecule has 0 bridgehead atoms. The van der Waals surface area contributed by atoms with Crippen molar-refractivity contribution in [3.63, 3.8) is 0 Å². The average Bonchev–Trinajstić information content (AvgIpc) is 2.46. The molecular weight excluding hydrogens is 286 g/mol. The number of carbonyl (C=O) groups excluding carboxylic acids is 1. The van der Waals surface area contributed by atoms with Gasteiger partial charge in [0.05, 0.1) is 16.6 Å². The molecule has 2 aromatic rings. The van der Waals surface area contributed by atoms with Crippen LogP contribution in [0.4, 0.5) is 0 Å². The van der Waals surface area contributed by atoms with Crippen LogP contribution >= 0.6 is 11.6 Å². The van der Waals surface area contributed by atoms with Crippen molar-refractivity contribution in [2.24, 2.45) is 0 Å². The van der Waals surface area contributed by atoms with Crippen LogP contribution in [0.3, 0.4) is 0 Å². The van der Waals surface area contributed by atoms with E-state index in [9.17, 15) is 4.79 Å². The zero-order chi connectivity index (χ0) is 15.2. The summed E-state index contributed by atoms with van der Waals surface area (Å²) in [7, 11) is 0. The number of hydrogen-bond acceptors (Lipinski definition) is 2. The monoisotopic (exact) mass is 303 g/mol. The molecule has 4 heteroatoms. The maximum Gasteiger partial charge on any atom is 0.253 e. The molecule has 1 atom stereocenters. The topological polar surface area (TPSA) is 38.3 Å². The van der Waals surface area contributed by atoms with E-state index in [0.29, 0.717) is 17.2 Å². The lowest BCUT2D eigenvalue weighted by molar-refractivity contribution is 0.0927. The summed E-state index contributed by atoms with van der Waals surface area (Å²) >= 11 is 6.00. The predicted molar refractivity (Wildman–Crippen MR) is 85.1 cm³/mol. The second kappa shape index (κ2) is 7.14. The molecule has 1 amide bonds. The lowest BCUT2D eigenvalue weighted by Crippen LogP contribution is -2.36. The second-order valence-electron chi connectivity index (χ2n) is 4.93. The molecule has 0 spiro atoms. The van der Waals surface area contributed by atoms with Crippen LogP contribution in [0.15, 0.2) is 48.5 Å². The number of carbonyl (C=O) groups is 1. The first-order valence-electron chi connectivity index (χ1n) is 6.81. The summed E-state index contributed by atoms with van der Waals surface area (Å²) in [6, 6.07) is 14.7. The van der Waals surface area contributed by atoms with Crippen LogP contribution in [0.5, 0.6) is 5.75 Å². The highest BCUT2D eigenvalue weighted by molar-refractivity contribution is 6.33. The number of para-hydroxylation sites is 1. The molecule has 0 radical (unpaired) electrons. The van der Waals surface area contributed by atoms with Gasteiger partial charge in [0.15, 0.2) is 0 Å². The van der Waals surface area contributed by atoms with Crippen molar-refractivity contribution < 1.29 is 9.53 Å². The molecule has 0 saturated heterocycles. The van der Waals surface area contributed by atoms with E-state index in [1.807, 2.05) is 38.1 Å². The van der Waals surface area contributed by atoms with Gasteiger partial charge in [-0.2, -0.15) is 0 Å². The maximum atomic E-state index is 12.1. The van der Waals surface area contributed by atoms with Crippen LogP contribution in [-0.2, 0) is 0 Å². The van der Waals surface area contributed by atoms with Gasteiger partial charge in [-0.25, -0.2) is 0 Å². The minimum Gasteiger partial charge on any atom is -0.491 e. The van der Waals surface area contributed by atoms with Crippen LogP contribution in [0.2, 0.25) is 5.02 Å². The molecule has 0 unspecified atom stereocenters. The highest BCUT2D eigenvalue weighted by atomic mass is 35.5. The fourth-order valence-corrected chi connectivity index (χ4v) is 2.14. The van der Waals surface area contributed by atoms with Crippen molar-refractivity contribution >= 4 is 17.5 Å². The van der Waals surface area contributed by atoms with Gasteiger partial charge in [-0.1, -0.05) is 41.9 Å². The molecule has 21 heavy (non-hydrogen) atoms. The van der Waals surface area contributed by atoms with Crippen molar-refractivity contribution in [2.45, 2.75) is 19.9 Å². The van der Waals surface area contributed by atoms with Crippen molar-refractivity contribution in [2.75, 3.05) is 6.61 Å². The zero-order valence-corrected chi connectivity index (χ0v) is 12.9. The molecule has 0 aliphatic carbocycles. The number of aryl methyl sites for hydroxylation is 1. The van der Waals surface area contributed by atoms with Gasteiger partial charge in [0.25, 0.3) is 5.91 Å². The highest BCUT2D eigenvalue weighted by Gasteiger charge is 2.13. The van der Waals surface area contributed by atoms with Crippen molar-refractivity contribution in [1.82, 2.24) is 5.32 Å². The molecule has 2 rings (SSSR count). The van der Waals surface area contributed by atoms with E-state index >= 15 is 0 Å². The van der Waals surface area contributed by atoms with E-state index in [1.54, 1.807) is 24.3 Å². The number of ether oxygens (including phenoxy) is 1. The summed E-state index contributed by atoms with van der Waals surface area (Å²) < 4.78 is 5.72. The Labute approximate surface area is 129 Å². The maximum absolute atomic E-state index is 12.1. The fraction of sp³-hybridized carbons (Fsp3) is 0.235. The van der Waals surface area contributed by atoms with Crippen molar-refractivity contribution in [3.05, 3.63) is 64.7 Å². The third kappa shape index (κ3) is 4.23. The van der Waals surface area contributed by atoms with E-state index in [-0.39, 0.29) is 11.9 Å². The molecule has 0 heterocycles. The smallest absolute Gasteiger partial charge is 0.253 e. The summed E-state index contributed by atoms with van der Waals surface area (Å²) in [6.45, 7) is 4.29. The van der Waals surface area contributed by atoms with Gasteiger partial charge in [0, 0.05) is 0 Å². The Hall–Kier alpha value is -2.00. The van der Waals surface area contributed by atoms with Crippen LogP contribution < -0.4 is 10.1 Å². The molecule has 0 aliphatic heterocycles. The molecule has 1 N–H and O–H groups in total. The molecular formula is C17H18ClNO2. The highest BCUT2D eigenvalue weighted by Crippen LogP contribution is 2.17. The van der Waals surface area contributed by atoms with Crippen LogP contribution in [0, 0.1) is 6.92 Å². The van der Waals surface area contributed by atoms with E-state index in [1.165, 1.54) is 0 Å². The Bertz CT molecular complexity index is 628. The van der Waals surface area contributed by atoms with Gasteiger partial charge < -0.3 is 10.1 Å². The quantitative estimate of drug-likeness (QED) is 0.911. The first-order valence-corrected chi connectivity index (χ1v) is 7.19. The van der Waals surface area contributed by atoms with Crippen molar-refractivity contribution in [1.29, 1.82) is 0 Å². The van der Waals surface area contributed by atoms with Gasteiger partial charge in [-0.3, -0.25) is 4.79 Å². The molecule has 0 aromatic heterocycles. The van der Waals surface area contributed by atoms with Gasteiger partial charge >= 0.3 is 0 Å². The van der Waals surface area contributed by atoms with Crippen LogP contribution in [-0.4, -0.2) is 18.6 Å². The lowest BCUT2D eigenvalue weighted by atomic mass is 10.2. The van der Waals surface area contributed by atoms with E-state index in [2.05, 4.69) is 5.32 Å². The minimum absolute atomic E-state index is 0.117. The largest absolute Gasteiger partial charge is 0.491 e. The molecule has 0 saturated carbocycles. The summed E-state index contributed by atoms with van der Waals surface area (Å²) in [4.78, 5) is 12.1. The van der Waals surface area contributed by atoms with Gasteiger partial charge in [0.2, 0.25) is 0 Å². The number of hydrogen-bond donors (Lipinski definition) is 1. The Morgan fingerprint density at radius 1 is 1.19 bits per heavy atom. The Morgan fingerprint density at radius 3 is 2.57 bits per heavy atom. The summed E-state index contributed by atoms with van der Waals surface area (Å²) in [5.74, 6) is 0.637. The van der Waals surface area contributed by atoms with Crippen molar-refractivity contribution in [3.8, 4) is 5.75 Å². The molecule has 0 fully saturated rings. The number of halogens is 1. The summed E-state index contributed by atoms with van der Waals surface area (Å²) in [5, 5.41) is 3.32. The molecule has 0 aliphatic rings. The molecule has 110 valence electrons. The average molecular weight is 304 g/mol.